The van der Waals surface area contributed by atoms with Crippen LogP contribution in [-0.4, -0.2) is 36.3 Å². The van der Waals surface area contributed by atoms with E-state index in [1.807, 2.05) is 24.3 Å². The molecule has 1 heterocycles. The molecule has 1 aliphatic heterocycles. The Morgan fingerprint density at radius 2 is 1.67 bits per heavy atom. The summed E-state index contributed by atoms with van der Waals surface area (Å²) in [6.07, 6.45) is 2.58. The molecule has 1 saturated carbocycles. The van der Waals surface area contributed by atoms with Crippen molar-refractivity contribution < 1.29 is 19.1 Å². The average Bonchev–Trinajstić information content (AvgIpc) is 3.18. The topological polar surface area (TPSA) is 55.8 Å². The second kappa shape index (κ2) is 6.41. The molecular formula is C22H21NO4. The molecule has 0 aromatic heterocycles. The van der Waals surface area contributed by atoms with Crippen molar-refractivity contribution in [3.05, 3.63) is 59.7 Å². The van der Waals surface area contributed by atoms with Crippen molar-refractivity contribution in [1.82, 2.24) is 4.90 Å². The van der Waals surface area contributed by atoms with Crippen LogP contribution in [0.2, 0.25) is 0 Å². The van der Waals surface area contributed by atoms with Gasteiger partial charge in [-0.15, -0.1) is 0 Å². The average molecular weight is 363 g/mol. The quantitative estimate of drug-likeness (QED) is 0.776. The molecule has 1 saturated heterocycles. The van der Waals surface area contributed by atoms with E-state index in [1.165, 1.54) is 27.2 Å². The van der Waals surface area contributed by atoms with Gasteiger partial charge in [0.2, 0.25) is 0 Å². The number of ether oxygens (including phenoxy) is 2. The van der Waals surface area contributed by atoms with Crippen LogP contribution < -0.4 is 0 Å². The number of hydrogen-bond donors (Lipinski definition) is 0. The number of rotatable bonds is 3. The maximum absolute atomic E-state index is 12.7. The lowest BCUT2D eigenvalue weighted by Gasteiger charge is -2.33. The van der Waals surface area contributed by atoms with E-state index in [9.17, 15) is 9.59 Å². The van der Waals surface area contributed by atoms with Gasteiger partial charge in [-0.25, -0.2) is 9.59 Å². The van der Waals surface area contributed by atoms with Crippen molar-refractivity contribution >= 4 is 12.1 Å². The standard InChI is InChI=1S/C22H21NO4/c24-21-20(14-6-5-7-14)23(13-27-21)22(25)26-12-19-17-10-3-1-8-15(17)16-9-2-4-11-18(16)19/h1-4,8-11,14,19-20H,5-7,12-13H2/t20-/m0/s1. The summed E-state index contributed by atoms with van der Waals surface area (Å²) in [5.74, 6) is -0.0728. The van der Waals surface area contributed by atoms with E-state index in [0.29, 0.717) is 0 Å². The van der Waals surface area contributed by atoms with Crippen molar-refractivity contribution in [2.75, 3.05) is 13.3 Å². The van der Waals surface area contributed by atoms with Gasteiger partial charge in [0.25, 0.3) is 0 Å². The molecule has 1 atom stereocenters. The molecule has 2 fully saturated rings. The van der Waals surface area contributed by atoms with Crippen LogP contribution >= 0.6 is 0 Å². The highest BCUT2D eigenvalue weighted by Crippen LogP contribution is 2.44. The highest BCUT2D eigenvalue weighted by molar-refractivity contribution is 5.84. The third-order valence-corrected chi connectivity index (χ3v) is 6.09. The van der Waals surface area contributed by atoms with E-state index in [0.717, 1.165) is 19.3 Å². The van der Waals surface area contributed by atoms with E-state index < -0.39 is 12.1 Å². The summed E-state index contributed by atoms with van der Waals surface area (Å²) in [6, 6.07) is 16.0. The molecular weight excluding hydrogens is 342 g/mol. The Morgan fingerprint density at radius 1 is 1.04 bits per heavy atom. The van der Waals surface area contributed by atoms with E-state index >= 15 is 0 Å². The fourth-order valence-electron chi connectivity index (χ4n) is 4.47. The summed E-state index contributed by atoms with van der Waals surface area (Å²) < 4.78 is 10.8. The maximum atomic E-state index is 12.7. The predicted octanol–water partition coefficient (Wildman–Crippen LogP) is 3.92. The van der Waals surface area contributed by atoms with Crippen molar-refractivity contribution in [2.45, 2.75) is 31.2 Å². The van der Waals surface area contributed by atoms with E-state index in [2.05, 4.69) is 24.3 Å². The lowest BCUT2D eigenvalue weighted by molar-refractivity contribution is -0.140. The summed E-state index contributed by atoms with van der Waals surface area (Å²) in [5, 5.41) is 0. The molecule has 5 nitrogen and oxygen atoms in total. The first kappa shape index (κ1) is 16.4. The smallest absolute Gasteiger partial charge is 0.413 e. The minimum atomic E-state index is -0.477. The molecule has 5 heteroatoms. The molecule has 3 aliphatic rings. The number of cyclic esters (lactones) is 1. The zero-order valence-corrected chi connectivity index (χ0v) is 15.0. The Balaban J connectivity index is 1.34. The molecule has 0 bridgehead atoms. The van der Waals surface area contributed by atoms with Gasteiger partial charge in [-0.05, 0) is 41.0 Å². The predicted molar refractivity (Wildman–Crippen MR) is 99.0 cm³/mol. The molecule has 0 radical (unpaired) electrons. The fraction of sp³-hybridized carbons (Fsp3) is 0.364. The second-order valence-corrected chi connectivity index (χ2v) is 7.50. The van der Waals surface area contributed by atoms with E-state index in [-0.39, 0.29) is 31.1 Å². The van der Waals surface area contributed by atoms with Gasteiger partial charge in [0.1, 0.15) is 12.6 Å². The molecule has 5 rings (SSSR count). The van der Waals surface area contributed by atoms with E-state index in [4.69, 9.17) is 9.47 Å². The zero-order chi connectivity index (χ0) is 18.4. The minimum Gasteiger partial charge on any atom is -0.448 e. The van der Waals surface area contributed by atoms with Gasteiger partial charge in [0.15, 0.2) is 6.73 Å². The van der Waals surface area contributed by atoms with Gasteiger partial charge < -0.3 is 9.47 Å². The third-order valence-electron chi connectivity index (χ3n) is 6.09. The molecule has 0 unspecified atom stereocenters. The molecule has 0 spiro atoms. The van der Waals surface area contributed by atoms with Crippen LogP contribution in [-0.2, 0) is 14.3 Å². The van der Waals surface area contributed by atoms with Crippen LogP contribution in [0.3, 0.4) is 0 Å². The summed E-state index contributed by atoms with van der Waals surface area (Å²) in [5.41, 5.74) is 4.74. The van der Waals surface area contributed by atoms with Crippen LogP contribution in [0.1, 0.15) is 36.3 Å². The number of esters is 1. The first-order valence-corrected chi connectivity index (χ1v) is 9.52. The molecule has 2 aliphatic carbocycles. The summed E-state index contributed by atoms with van der Waals surface area (Å²) in [7, 11) is 0. The van der Waals surface area contributed by atoms with Gasteiger partial charge in [0, 0.05) is 5.92 Å². The first-order chi connectivity index (χ1) is 13.2. The summed E-state index contributed by atoms with van der Waals surface area (Å²) >= 11 is 0. The fourth-order valence-corrected chi connectivity index (χ4v) is 4.47. The van der Waals surface area contributed by atoms with Crippen LogP contribution in [0.25, 0.3) is 11.1 Å². The molecule has 2 aromatic carbocycles. The number of amides is 1. The highest BCUT2D eigenvalue weighted by atomic mass is 16.6. The van der Waals surface area contributed by atoms with Gasteiger partial charge in [-0.3, -0.25) is 4.90 Å². The minimum absolute atomic E-state index is 0.00330. The molecule has 27 heavy (non-hydrogen) atoms. The van der Waals surface area contributed by atoms with Gasteiger partial charge >= 0.3 is 12.1 Å². The van der Waals surface area contributed by atoms with Crippen molar-refractivity contribution in [3.63, 3.8) is 0 Å². The normalized spacial score (nSPS) is 21.4. The first-order valence-electron chi connectivity index (χ1n) is 9.52. The number of carbonyl (C=O) groups excluding carboxylic acids is 2. The number of benzene rings is 2. The van der Waals surface area contributed by atoms with Crippen molar-refractivity contribution in [2.24, 2.45) is 5.92 Å². The third kappa shape index (κ3) is 2.60. The maximum Gasteiger partial charge on any atom is 0.413 e. The highest BCUT2D eigenvalue weighted by Gasteiger charge is 2.46. The number of nitrogens with zero attached hydrogens (tertiary/aromatic N) is 1. The number of fused-ring (bicyclic) bond motifs is 3. The number of hydrogen-bond acceptors (Lipinski definition) is 4. The van der Waals surface area contributed by atoms with Gasteiger partial charge in [-0.1, -0.05) is 55.0 Å². The molecule has 2 aromatic rings. The lowest BCUT2D eigenvalue weighted by Crippen LogP contribution is -2.45. The van der Waals surface area contributed by atoms with Crippen LogP contribution in [0.5, 0.6) is 0 Å². The van der Waals surface area contributed by atoms with Gasteiger partial charge in [-0.2, -0.15) is 0 Å². The molecule has 1 amide bonds. The lowest BCUT2D eigenvalue weighted by atomic mass is 9.79. The Labute approximate surface area is 157 Å². The largest absolute Gasteiger partial charge is 0.448 e. The zero-order valence-electron chi connectivity index (χ0n) is 15.0. The van der Waals surface area contributed by atoms with Crippen molar-refractivity contribution in [1.29, 1.82) is 0 Å². The Hall–Kier alpha value is -2.82. The Kier molecular flexibility index (Phi) is 3.88. The monoisotopic (exact) mass is 363 g/mol. The second-order valence-electron chi connectivity index (χ2n) is 7.50. The SMILES string of the molecule is O=C1OCN(C(=O)OCC2c3ccccc3-c3ccccc32)[C@H]1C1CCC1. The molecule has 0 N–H and O–H groups in total. The summed E-state index contributed by atoms with van der Waals surface area (Å²) in [6.45, 7) is 0.256. The molecule has 138 valence electrons. The van der Waals surface area contributed by atoms with Crippen molar-refractivity contribution in [3.8, 4) is 11.1 Å². The Bertz CT molecular complexity index is 859. The van der Waals surface area contributed by atoms with Gasteiger partial charge in [0.05, 0.1) is 0 Å². The van der Waals surface area contributed by atoms with Crippen LogP contribution in [0.4, 0.5) is 4.79 Å². The number of carbonyl (C=O) groups is 2. The summed E-state index contributed by atoms with van der Waals surface area (Å²) in [4.78, 5) is 26.2. The van der Waals surface area contributed by atoms with Crippen LogP contribution in [0.15, 0.2) is 48.5 Å². The van der Waals surface area contributed by atoms with E-state index in [1.54, 1.807) is 0 Å². The Morgan fingerprint density at radius 3 is 2.26 bits per heavy atom. The van der Waals surface area contributed by atoms with Crippen LogP contribution in [0, 0.1) is 5.92 Å².